The SMILES string of the molecule is O=C(Cc1ccc(-n2cnnn2)cc1)N1CCN(C(=O)c2cc(Cl)ccc2F)CC1. The summed E-state index contributed by atoms with van der Waals surface area (Å²) in [5, 5.41) is 11.3. The summed E-state index contributed by atoms with van der Waals surface area (Å²) < 4.78 is 15.5. The lowest BCUT2D eigenvalue weighted by Crippen LogP contribution is -2.51. The number of carbonyl (C=O) groups excluding carboxylic acids is 2. The molecular formula is C20H18ClFN6O2. The highest BCUT2D eigenvalue weighted by Crippen LogP contribution is 2.18. The third-order valence-electron chi connectivity index (χ3n) is 4.98. The highest BCUT2D eigenvalue weighted by molar-refractivity contribution is 6.31. The molecule has 1 fully saturated rings. The molecule has 1 aliphatic heterocycles. The van der Waals surface area contributed by atoms with Crippen LogP contribution in [0.3, 0.4) is 0 Å². The molecule has 10 heteroatoms. The average molecular weight is 429 g/mol. The van der Waals surface area contributed by atoms with Crippen molar-refractivity contribution in [1.29, 1.82) is 0 Å². The number of rotatable bonds is 4. The topological polar surface area (TPSA) is 84.2 Å². The predicted octanol–water partition coefficient (Wildman–Crippen LogP) is 1.98. The van der Waals surface area contributed by atoms with Gasteiger partial charge in [-0.2, -0.15) is 0 Å². The van der Waals surface area contributed by atoms with E-state index in [4.69, 9.17) is 11.6 Å². The zero-order valence-electron chi connectivity index (χ0n) is 15.9. The Morgan fingerprint density at radius 2 is 1.70 bits per heavy atom. The predicted molar refractivity (Wildman–Crippen MR) is 107 cm³/mol. The van der Waals surface area contributed by atoms with Gasteiger partial charge in [-0.1, -0.05) is 23.7 Å². The van der Waals surface area contributed by atoms with E-state index in [2.05, 4.69) is 15.5 Å². The minimum absolute atomic E-state index is 0.0220. The summed E-state index contributed by atoms with van der Waals surface area (Å²) in [5.41, 5.74) is 1.62. The van der Waals surface area contributed by atoms with Gasteiger partial charge in [-0.15, -0.1) is 5.10 Å². The van der Waals surface area contributed by atoms with Crippen LogP contribution in [-0.2, 0) is 11.2 Å². The lowest BCUT2D eigenvalue weighted by atomic mass is 10.1. The third-order valence-corrected chi connectivity index (χ3v) is 5.22. The molecule has 2 amide bonds. The maximum absolute atomic E-state index is 14.0. The van der Waals surface area contributed by atoms with Gasteiger partial charge in [0.1, 0.15) is 12.1 Å². The summed E-state index contributed by atoms with van der Waals surface area (Å²) in [6.45, 7) is 1.48. The van der Waals surface area contributed by atoms with Gasteiger partial charge in [0, 0.05) is 31.2 Å². The van der Waals surface area contributed by atoms with Gasteiger partial charge in [-0.3, -0.25) is 9.59 Å². The van der Waals surface area contributed by atoms with E-state index in [0.29, 0.717) is 31.2 Å². The summed E-state index contributed by atoms with van der Waals surface area (Å²) in [5.74, 6) is -1.04. The molecule has 3 aromatic rings. The van der Waals surface area contributed by atoms with E-state index < -0.39 is 11.7 Å². The maximum atomic E-state index is 14.0. The van der Waals surface area contributed by atoms with E-state index in [1.54, 1.807) is 9.80 Å². The van der Waals surface area contributed by atoms with Crippen molar-refractivity contribution in [2.24, 2.45) is 0 Å². The summed E-state index contributed by atoms with van der Waals surface area (Å²) in [6.07, 6.45) is 1.75. The van der Waals surface area contributed by atoms with Crippen LogP contribution < -0.4 is 0 Å². The van der Waals surface area contributed by atoms with Crippen LogP contribution in [0.25, 0.3) is 5.69 Å². The van der Waals surface area contributed by atoms with Gasteiger partial charge in [0.05, 0.1) is 17.7 Å². The fraction of sp³-hybridized carbons (Fsp3) is 0.250. The van der Waals surface area contributed by atoms with Gasteiger partial charge in [0.15, 0.2) is 0 Å². The molecule has 1 saturated heterocycles. The monoisotopic (exact) mass is 428 g/mol. The molecule has 0 radical (unpaired) electrons. The number of nitrogens with zero attached hydrogens (tertiary/aromatic N) is 6. The van der Waals surface area contributed by atoms with Gasteiger partial charge in [0.25, 0.3) is 5.91 Å². The Balaban J connectivity index is 1.33. The Kier molecular flexibility index (Phi) is 5.71. The van der Waals surface area contributed by atoms with Gasteiger partial charge in [0.2, 0.25) is 5.91 Å². The van der Waals surface area contributed by atoms with Crippen molar-refractivity contribution >= 4 is 23.4 Å². The first kappa shape index (κ1) is 20.0. The number of amides is 2. The lowest BCUT2D eigenvalue weighted by Gasteiger charge is -2.35. The molecule has 30 heavy (non-hydrogen) atoms. The largest absolute Gasteiger partial charge is 0.339 e. The van der Waals surface area contributed by atoms with Crippen molar-refractivity contribution < 1.29 is 14.0 Å². The Bertz CT molecular complexity index is 1050. The second kappa shape index (κ2) is 8.58. The second-order valence-corrected chi connectivity index (χ2v) is 7.33. The van der Waals surface area contributed by atoms with Crippen LogP contribution in [-0.4, -0.2) is 68.0 Å². The maximum Gasteiger partial charge on any atom is 0.257 e. The standard InChI is InChI=1S/C20H18ClFN6O2/c21-15-3-6-18(22)17(12-15)20(30)27-9-7-26(8-10-27)19(29)11-14-1-4-16(5-2-14)28-13-23-24-25-28/h1-6,12-13H,7-11H2. The normalized spacial score (nSPS) is 14.1. The Labute approximate surface area is 176 Å². The molecule has 0 spiro atoms. The number of benzene rings is 2. The molecule has 2 aromatic carbocycles. The van der Waals surface area contributed by atoms with Crippen molar-refractivity contribution in [1.82, 2.24) is 30.0 Å². The molecule has 0 atom stereocenters. The van der Waals surface area contributed by atoms with E-state index in [-0.39, 0.29) is 17.9 Å². The van der Waals surface area contributed by atoms with Crippen LogP contribution in [0.4, 0.5) is 4.39 Å². The molecule has 0 N–H and O–H groups in total. The Morgan fingerprint density at radius 3 is 2.37 bits per heavy atom. The van der Waals surface area contributed by atoms with Crippen molar-refractivity contribution in [2.45, 2.75) is 6.42 Å². The minimum Gasteiger partial charge on any atom is -0.339 e. The van der Waals surface area contributed by atoms with Crippen LogP contribution in [0.15, 0.2) is 48.8 Å². The van der Waals surface area contributed by atoms with Crippen LogP contribution >= 0.6 is 11.6 Å². The molecule has 1 aromatic heterocycles. The van der Waals surface area contributed by atoms with Crippen LogP contribution in [0.5, 0.6) is 0 Å². The molecule has 8 nitrogen and oxygen atoms in total. The molecule has 4 rings (SSSR count). The molecular weight excluding hydrogens is 411 g/mol. The number of hydrogen-bond acceptors (Lipinski definition) is 5. The quantitative estimate of drug-likeness (QED) is 0.634. The van der Waals surface area contributed by atoms with Crippen molar-refractivity contribution in [3.05, 3.63) is 70.8 Å². The molecule has 0 saturated carbocycles. The van der Waals surface area contributed by atoms with Gasteiger partial charge in [-0.25, -0.2) is 9.07 Å². The first-order valence-electron chi connectivity index (χ1n) is 9.35. The van der Waals surface area contributed by atoms with Crippen molar-refractivity contribution in [3.8, 4) is 5.69 Å². The Hall–Kier alpha value is -3.33. The van der Waals surface area contributed by atoms with Crippen molar-refractivity contribution in [2.75, 3.05) is 26.2 Å². The van der Waals surface area contributed by atoms with Gasteiger partial charge in [-0.05, 0) is 46.3 Å². The van der Waals surface area contributed by atoms with Crippen LogP contribution in [0, 0.1) is 5.82 Å². The second-order valence-electron chi connectivity index (χ2n) is 6.89. The summed E-state index contributed by atoms with van der Waals surface area (Å²) >= 11 is 5.88. The highest BCUT2D eigenvalue weighted by Gasteiger charge is 2.26. The van der Waals surface area contributed by atoms with Gasteiger partial charge < -0.3 is 9.80 Å². The molecule has 0 bridgehead atoms. The number of halogens is 2. The molecule has 0 unspecified atom stereocenters. The van der Waals surface area contributed by atoms with Crippen LogP contribution in [0.2, 0.25) is 5.02 Å². The average Bonchev–Trinajstić information content (AvgIpc) is 3.30. The third kappa shape index (κ3) is 4.30. The number of carbonyl (C=O) groups is 2. The van der Waals surface area contributed by atoms with Gasteiger partial charge >= 0.3 is 0 Å². The van der Waals surface area contributed by atoms with Crippen molar-refractivity contribution in [3.63, 3.8) is 0 Å². The van der Waals surface area contributed by atoms with E-state index in [1.807, 2.05) is 24.3 Å². The molecule has 0 aliphatic carbocycles. The highest BCUT2D eigenvalue weighted by atomic mass is 35.5. The van der Waals surface area contributed by atoms with E-state index in [9.17, 15) is 14.0 Å². The smallest absolute Gasteiger partial charge is 0.257 e. The Morgan fingerprint density at radius 1 is 1.00 bits per heavy atom. The fourth-order valence-corrected chi connectivity index (χ4v) is 3.50. The van der Waals surface area contributed by atoms with E-state index >= 15 is 0 Å². The summed E-state index contributed by atoms with van der Waals surface area (Å²) in [4.78, 5) is 28.5. The number of hydrogen-bond donors (Lipinski definition) is 0. The zero-order chi connectivity index (χ0) is 21.1. The van der Waals surface area contributed by atoms with Crippen LogP contribution in [0.1, 0.15) is 15.9 Å². The molecule has 2 heterocycles. The first-order valence-corrected chi connectivity index (χ1v) is 9.73. The van der Waals surface area contributed by atoms with E-state index in [0.717, 1.165) is 11.3 Å². The lowest BCUT2D eigenvalue weighted by molar-refractivity contribution is -0.131. The summed E-state index contributed by atoms with van der Waals surface area (Å²) in [7, 11) is 0. The molecule has 1 aliphatic rings. The zero-order valence-corrected chi connectivity index (χ0v) is 16.7. The number of tetrazole rings is 1. The minimum atomic E-state index is -0.604. The van der Waals surface area contributed by atoms with E-state index in [1.165, 1.54) is 29.2 Å². The molecule has 154 valence electrons. The number of piperazine rings is 1. The number of aromatic nitrogens is 4. The fourth-order valence-electron chi connectivity index (χ4n) is 3.32. The summed E-state index contributed by atoms with van der Waals surface area (Å²) in [6, 6.07) is 11.3. The first-order chi connectivity index (χ1) is 14.5.